The van der Waals surface area contributed by atoms with Gasteiger partial charge in [0, 0.05) is 19.1 Å². The maximum Gasteiger partial charge on any atom is 0.0826 e. The summed E-state index contributed by atoms with van der Waals surface area (Å²) in [6, 6.07) is 0.731. The van der Waals surface area contributed by atoms with Crippen LogP contribution in [0, 0.1) is 0 Å². The lowest BCUT2D eigenvalue weighted by molar-refractivity contribution is -0.0468. The van der Waals surface area contributed by atoms with Gasteiger partial charge in [-0.15, -0.1) is 0 Å². The van der Waals surface area contributed by atoms with Crippen molar-refractivity contribution in [3.05, 3.63) is 0 Å². The van der Waals surface area contributed by atoms with Crippen molar-refractivity contribution < 1.29 is 4.74 Å². The molecule has 0 aromatic rings. The number of hydrogen-bond donors (Lipinski definition) is 1. The van der Waals surface area contributed by atoms with Crippen LogP contribution < -0.4 is 5.32 Å². The molecule has 2 aliphatic heterocycles. The van der Waals surface area contributed by atoms with Gasteiger partial charge >= 0.3 is 0 Å². The lowest BCUT2D eigenvalue weighted by Crippen LogP contribution is -2.49. The fourth-order valence-electron chi connectivity index (χ4n) is 3.30. The molecule has 2 heterocycles. The lowest BCUT2D eigenvalue weighted by atomic mass is 10.1. The maximum absolute atomic E-state index is 5.95. The molecule has 2 aliphatic rings. The second-order valence-corrected chi connectivity index (χ2v) is 6.22. The molecule has 3 nitrogen and oxygen atoms in total. The predicted molar refractivity (Wildman–Crippen MR) is 80.6 cm³/mol. The highest BCUT2D eigenvalue weighted by Crippen LogP contribution is 2.22. The van der Waals surface area contributed by atoms with Crippen LogP contribution in [-0.2, 0) is 4.74 Å². The average Bonchev–Trinajstić information content (AvgIpc) is 2.89. The molecule has 0 aromatic heterocycles. The second kappa shape index (κ2) is 8.93. The smallest absolute Gasteiger partial charge is 0.0826 e. The Morgan fingerprint density at radius 3 is 2.89 bits per heavy atom. The number of rotatable bonds is 9. The first kappa shape index (κ1) is 15.3. The minimum atomic E-state index is 0.425. The Bertz CT molecular complexity index is 235. The molecule has 112 valence electrons. The Morgan fingerprint density at radius 1 is 1.16 bits per heavy atom. The van der Waals surface area contributed by atoms with Crippen molar-refractivity contribution >= 4 is 0 Å². The van der Waals surface area contributed by atoms with Gasteiger partial charge in [-0.2, -0.15) is 0 Å². The molecular weight excluding hydrogens is 236 g/mol. The summed E-state index contributed by atoms with van der Waals surface area (Å²) in [5.41, 5.74) is 0. The number of morpholine rings is 1. The third-order valence-corrected chi connectivity index (χ3v) is 4.54. The van der Waals surface area contributed by atoms with Crippen LogP contribution in [0.15, 0.2) is 0 Å². The lowest BCUT2D eigenvalue weighted by Gasteiger charge is -2.35. The predicted octanol–water partition coefficient (Wildman–Crippen LogP) is 2.80. The Labute approximate surface area is 119 Å². The third-order valence-electron chi connectivity index (χ3n) is 4.54. The molecule has 2 unspecified atom stereocenters. The average molecular weight is 268 g/mol. The minimum Gasteiger partial charge on any atom is -0.374 e. The topological polar surface area (TPSA) is 24.5 Å². The van der Waals surface area contributed by atoms with Crippen LogP contribution in [0.25, 0.3) is 0 Å². The van der Waals surface area contributed by atoms with Crippen molar-refractivity contribution in [2.24, 2.45) is 0 Å². The second-order valence-electron chi connectivity index (χ2n) is 6.22. The van der Waals surface area contributed by atoms with Gasteiger partial charge in [0.05, 0.1) is 12.7 Å². The zero-order chi connectivity index (χ0) is 13.3. The molecule has 0 radical (unpaired) electrons. The van der Waals surface area contributed by atoms with Crippen LogP contribution in [0.4, 0.5) is 0 Å². The number of ether oxygens (including phenoxy) is 1. The number of nitrogens with one attached hydrogen (secondary N) is 1. The van der Waals surface area contributed by atoms with E-state index in [1.165, 1.54) is 57.9 Å². The number of fused-ring (bicyclic) bond motifs is 1. The van der Waals surface area contributed by atoms with Gasteiger partial charge in [0.15, 0.2) is 0 Å². The van der Waals surface area contributed by atoms with E-state index < -0.39 is 0 Å². The van der Waals surface area contributed by atoms with Gasteiger partial charge in [0.2, 0.25) is 0 Å². The van der Waals surface area contributed by atoms with E-state index in [-0.39, 0.29) is 0 Å². The van der Waals surface area contributed by atoms with Crippen LogP contribution in [0.1, 0.15) is 58.3 Å². The molecule has 19 heavy (non-hydrogen) atoms. The molecule has 0 bridgehead atoms. The van der Waals surface area contributed by atoms with Crippen molar-refractivity contribution in [1.82, 2.24) is 10.2 Å². The van der Waals surface area contributed by atoms with Gasteiger partial charge in [0.25, 0.3) is 0 Å². The van der Waals surface area contributed by atoms with E-state index in [1.807, 2.05) is 0 Å². The zero-order valence-electron chi connectivity index (χ0n) is 12.7. The van der Waals surface area contributed by atoms with E-state index in [0.29, 0.717) is 6.10 Å². The summed E-state index contributed by atoms with van der Waals surface area (Å²) in [5, 5.41) is 3.57. The van der Waals surface area contributed by atoms with Crippen molar-refractivity contribution in [1.29, 1.82) is 0 Å². The molecule has 3 heteroatoms. The summed E-state index contributed by atoms with van der Waals surface area (Å²) in [6.45, 7) is 7.88. The molecule has 0 spiro atoms. The first-order chi connectivity index (χ1) is 9.40. The molecule has 2 fully saturated rings. The molecule has 1 N–H and O–H groups in total. The molecule has 2 atom stereocenters. The molecule has 0 amide bonds. The van der Waals surface area contributed by atoms with Gasteiger partial charge in [-0.1, -0.05) is 39.0 Å². The minimum absolute atomic E-state index is 0.425. The molecule has 0 aromatic carbocycles. The van der Waals surface area contributed by atoms with Gasteiger partial charge in [-0.05, 0) is 32.4 Å². The Balaban J connectivity index is 1.43. The monoisotopic (exact) mass is 268 g/mol. The molecule has 2 saturated heterocycles. The largest absolute Gasteiger partial charge is 0.374 e. The molecule has 0 aliphatic carbocycles. The molecule has 2 rings (SSSR count). The van der Waals surface area contributed by atoms with Gasteiger partial charge in [-0.3, -0.25) is 4.90 Å². The normalized spacial score (nSPS) is 27.6. The quantitative estimate of drug-likeness (QED) is 0.651. The number of hydrogen-bond acceptors (Lipinski definition) is 3. The highest BCUT2D eigenvalue weighted by molar-refractivity contribution is 4.85. The van der Waals surface area contributed by atoms with Gasteiger partial charge in [0.1, 0.15) is 0 Å². The SMILES string of the molecule is CCCCCCCCNCC1CN2CCCC2CO1. The number of nitrogens with zero attached hydrogens (tertiary/aromatic N) is 1. The van der Waals surface area contributed by atoms with Gasteiger partial charge < -0.3 is 10.1 Å². The fourth-order valence-corrected chi connectivity index (χ4v) is 3.30. The van der Waals surface area contributed by atoms with Crippen LogP contribution >= 0.6 is 0 Å². The van der Waals surface area contributed by atoms with Crippen LogP contribution in [-0.4, -0.2) is 49.8 Å². The Morgan fingerprint density at radius 2 is 2.00 bits per heavy atom. The summed E-state index contributed by atoms with van der Waals surface area (Å²) < 4.78 is 5.95. The van der Waals surface area contributed by atoms with E-state index in [1.54, 1.807) is 0 Å². The third kappa shape index (κ3) is 5.41. The maximum atomic E-state index is 5.95. The highest BCUT2D eigenvalue weighted by atomic mass is 16.5. The molecule has 0 saturated carbocycles. The van der Waals surface area contributed by atoms with Gasteiger partial charge in [-0.25, -0.2) is 0 Å². The summed E-state index contributed by atoms with van der Waals surface area (Å²) in [6.07, 6.45) is 11.4. The van der Waals surface area contributed by atoms with Crippen LogP contribution in [0.5, 0.6) is 0 Å². The van der Waals surface area contributed by atoms with Crippen molar-refractivity contribution in [3.8, 4) is 0 Å². The zero-order valence-corrected chi connectivity index (χ0v) is 12.7. The van der Waals surface area contributed by atoms with E-state index >= 15 is 0 Å². The van der Waals surface area contributed by atoms with Crippen molar-refractivity contribution in [2.75, 3.05) is 32.8 Å². The Hall–Kier alpha value is -0.120. The summed E-state index contributed by atoms with van der Waals surface area (Å²) in [5.74, 6) is 0. The fraction of sp³-hybridized carbons (Fsp3) is 1.00. The van der Waals surface area contributed by atoms with Crippen molar-refractivity contribution in [3.63, 3.8) is 0 Å². The van der Waals surface area contributed by atoms with E-state index in [0.717, 1.165) is 32.3 Å². The van der Waals surface area contributed by atoms with E-state index in [2.05, 4.69) is 17.1 Å². The standard InChI is InChI=1S/C16H32N2O/c1-2-3-4-5-6-7-10-17-12-16-13-18-11-8-9-15(18)14-19-16/h15-17H,2-14H2,1H3. The first-order valence-electron chi connectivity index (χ1n) is 8.46. The molecular formula is C16H32N2O. The van der Waals surface area contributed by atoms with E-state index in [4.69, 9.17) is 4.74 Å². The number of unbranched alkanes of at least 4 members (excludes halogenated alkanes) is 5. The Kier molecular flexibility index (Phi) is 7.18. The summed E-state index contributed by atoms with van der Waals surface area (Å²) in [7, 11) is 0. The summed E-state index contributed by atoms with van der Waals surface area (Å²) in [4.78, 5) is 2.63. The summed E-state index contributed by atoms with van der Waals surface area (Å²) >= 11 is 0. The highest BCUT2D eigenvalue weighted by Gasteiger charge is 2.31. The first-order valence-corrected chi connectivity index (χ1v) is 8.46. The van der Waals surface area contributed by atoms with E-state index in [9.17, 15) is 0 Å². The van der Waals surface area contributed by atoms with Crippen LogP contribution in [0.2, 0.25) is 0 Å². The van der Waals surface area contributed by atoms with Crippen molar-refractivity contribution in [2.45, 2.75) is 70.4 Å². The van der Waals surface area contributed by atoms with Crippen LogP contribution in [0.3, 0.4) is 0 Å².